The van der Waals surface area contributed by atoms with Crippen LogP contribution in [-0.2, 0) is 11.2 Å². The molecule has 104 valence electrons. The number of fused-ring (bicyclic) bond motifs is 1. The van der Waals surface area contributed by atoms with Gasteiger partial charge in [0.25, 0.3) is 0 Å². The van der Waals surface area contributed by atoms with E-state index in [-0.39, 0.29) is 12.0 Å². The molecule has 3 rings (SSSR count). The molecule has 0 saturated carbocycles. The molecule has 0 amide bonds. The van der Waals surface area contributed by atoms with Crippen LogP contribution in [0, 0.1) is 0 Å². The minimum atomic E-state index is -0.724. The van der Waals surface area contributed by atoms with Gasteiger partial charge in [-0.2, -0.15) is 0 Å². The molecule has 3 unspecified atom stereocenters. The Hall–Kier alpha value is -0.970. The van der Waals surface area contributed by atoms with Gasteiger partial charge < -0.3 is 15.2 Å². The molecule has 1 aliphatic heterocycles. The minimum absolute atomic E-state index is 0.146. The van der Waals surface area contributed by atoms with Crippen LogP contribution in [0.1, 0.15) is 36.9 Å². The van der Waals surface area contributed by atoms with Crippen LogP contribution >= 0.6 is 0 Å². The topological polar surface area (TPSA) is 54.4 Å². The molecule has 2 heterocycles. The highest BCUT2D eigenvalue weighted by molar-refractivity contribution is 5.31. The van der Waals surface area contributed by atoms with E-state index in [0.29, 0.717) is 13.0 Å². The summed E-state index contributed by atoms with van der Waals surface area (Å²) in [5, 5.41) is 14.3. The molecule has 3 atom stereocenters. The molecule has 0 bridgehead atoms. The average molecular weight is 262 g/mol. The number of morpholine rings is 1. The summed E-state index contributed by atoms with van der Waals surface area (Å²) in [6, 6.07) is 4.35. The van der Waals surface area contributed by atoms with E-state index in [1.807, 2.05) is 19.2 Å². The van der Waals surface area contributed by atoms with Gasteiger partial charge >= 0.3 is 0 Å². The van der Waals surface area contributed by atoms with Crippen LogP contribution in [0.25, 0.3) is 0 Å². The van der Waals surface area contributed by atoms with Crippen molar-refractivity contribution in [3.63, 3.8) is 0 Å². The molecule has 4 heteroatoms. The lowest BCUT2D eigenvalue weighted by atomic mass is 9.82. The Morgan fingerprint density at radius 1 is 1.58 bits per heavy atom. The van der Waals surface area contributed by atoms with E-state index in [9.17, 15) is 5.11 Å². The first kappa shape index (κ1) is 13.0. The Balaban J connectivity index is 1.73. The van der Waals surface area contributed by atoms with Crippen molar-refractivity contribution in [2.45, 2.75) is 43.7 Å². The second-order valence-electron chi connectivity index (χ2n) is 5.93. The zero-order valence-corrected chi connectivity index (χ0v) is 11.4. The number of ether oxygens (including phenoxy) is 1. The fourth-order valence-electron chi connectivity index (χ4n) is 3.41. The van der Waals surface area contributed by atoms with Crippen LogP contribution in [0.2, 0.25) is 0 Å². The monoisotopic (exact) mass is 262 g/mol. The van der Waals surface area contributed by atoms with E-state index in [1.165, 1.54) is 5.56 Å². The van der Waals surface area contributed by atoms with Gasteiger partial charge in [-0.25, -0.2) is 0 Å². The highest BCUT2D eigenvalue weighted by Crippen LogP contribution is 2.41. The number of pyridine rings is 1. The highest BCUT2D eigenvalue weighted by Gasteiger charge is 2.40. The predicted molar refractivity (Wildman–Crippen MR) is 73.1 cm³/mol. The third kappa shape index (κ3) is 2.66. The average Bonchev–Trinajstić information content (AvgIpc) is 2.84. The molecule has 0 aromatic carbocycles. The molecule has 2 N–H and O–H groups in total. The van der Waals surface area contributed by atoms with Gasteiger partial charge in [0.05, 0.1) is 18.8 Å². The highest BCUT2D eigenvalue weighted by atomic mass is 16.5. The molecular formula is C15H22N2O2. The standard InChI is InChI=1S/C15H22N2O2/c1-15(18,9-12-10-19-8-7-16-12)13-5-4-11-3-2-6-17-14(11)13/h2-3,6,12-13,16,18H,4-5,7-10H2,1H3. The number of aliphatic hydroxyl groups is 1. The molecule has 1 fully saturated rings. The molecule has 1 aliphatic carbocycles. The summed E-state index contributed by atoms with van der Waals surface area (Å²) >= 11 is 0. The minimum Gasteiger partial charge on any atom is -0.389 e. The van der Waals surface area contributed by atoms with Crippen molar-refractivity contribution in [1.29, 1.82) is 0 Å². The Labute approximate surface area is 114 Å². The number of hydrogen-bond acceptors (Lipinski definition) is 4. The van der Waals surface area contributed by atoms with E-state index in [1.54, 1.807) is 0 Å². The number of nitrogens with zero attached hydrogens (tertiary/aromatic N) is 1. The van der Waals surface area contributed by atoms with Crippen molar-refractivity contribution in [3.8, 4) is 0 Å². The van der Waals surface area contributed by atoms with Gasteiger partial charge in [0.1, 0.15) is 0 Å². The number of hydrogen-bond donors (Lipinski definition) is 2. The molecule has 4 nitrogen and oxygen atoms in total. The molecule has 1 saturated heterocycles. The lowest BCUT2D eigenvalue weighted by Crippen LogP contribution is -2.47. The van der Waals surface area contributed by atoms with Crippen molar-refractivity contribution >= 4 is 0 Å². The van der Waals surface area contributed by atoms with E-state index < -0.39 is 5.60 Å². The molecule has 1 aromatic heterocycles. The van der Waals surface area contributed by atoms with Crippen LogP contribution in [0.5, 0.6) is 0 Å². The smallest absolute Gasteiger partial charge is 0.0719 e. The summed E-state index contributed by atoms with van der Waals surface area (Å²) in [4.78, 5) is 4.49. The van der Waals surface area contributed by atoms with E-state index >= 15 is 0 Å². The summed E-state index contributed by atoms with van der Waals surface area (Å²) < 4.78 is 5.47. The zero-order chi connectivity index (χ0) is 13.3. The number of nitrogens with one attached hydrogen (secondary N) is 1. The maximum Gasteiger partial charge on any atom is 0.0719 e. The van der Waals surface area contributed by atoms with Crippen LogP contribution in [0.4, 0.5) is 0 Å². The normalized spacial score (nSPS) is 29.8. The number of aryl methyl sites for hydroxylation is 1. The third-order valence-corrected chi connectivity index (χ3v) is 4.37. The van der Waals surface area contributed by atoms with Crippen LogP contribution < -0.4 is 5.32 Å². The maximum atomic E-state index is 10.9. The van der Waals surface area contributed by atoms with E-state index in [4.69, 9.17) is 4.74 Å². The Morgan fingerprint density at radius 2 is 2.47 bits per heavy atom. The first-order valence-corrected chi connectivity index (χ1v) is 7.14. The lowest BCUT2D eigenvalue weighted by Gasteiger charge is -2.35. The van der Waals surface area contributed by atoms with Crippen LogP contribution in [0.3, 0.4) is 0 Å². The van der Waals surface area contributed by atoms with Crippen molar-refractivity contribution in [2.24, 2.45) is 0 Å². The largest absolute Gasteiger partial charge is 0.389 e. The second-order valence-corrected chi connectivity index (χ2v) is 5.93. The van der Waals surface area contributed by atoms with E-state index in [2.05, 4.69) is 16.4 Å². The van der Waals surface area contributed by atoms with Gasteiger partial charge in [-0.05, 0) is 37.8 Å². The summed E-state index contributed by atoms with van der Waals surface area (Å²) in [5.74, 6) is 0.146. The summed E-state index contributed by atoms with van der Waals surface area (Å²) in [6.07, 6.45) is 4.56. The van der Waals surface area contributed by atoms with E-state index in [0.717, 1.165) is 31.7 Å². The van der Waals surface area contributed by atoms with Crippen molar-refractivity contribution in [2.75, 3.05) is 19.8 Å². The quantitative estimate of drug-likeness (QED) is 0.860. The number of aromatic nitrogens is 1. The molecule has 1 aromatic rings. The Kier molecular flexibility index (Phi) is 3.56. The SMILES string of the molecule is CC(O)(CC1COCCN1)C1CCc2cccnc21. The van der Waals surface area contributed by atoms with Gasteiger partial charge in [-0.15, -0.1) is 0 Å². The molecule has 2 aliphatic rings. The van der Waals surface area contributed by atoms with Crippen LogP contribution in [-0.4, -0.2) is 41.5 Å². The van der Waals surface area contributed by atoms with Crippen molar-refractivity contribution < 1.29 is 9.84 Å². The first-order chi connectivity index (χ1) is 9.17. The van der Waals surface area contributed by atoms with Gasteiger partial charge in [0.2, 0.25) is 0 Å². The molecular weight excluding hydrogens is 240 g/mol. The van der Waals surface area contributed by atoms with Gasteiger partial charge in [0, 0.05) is 30.4 Å². The van der Waals surface area contributed by atoms with Gasteiger partial charge in [-0.3, -0.25) is 4.98 Å². The van der Waals surface area contributed by atoms with Crippen molar-refractivity contribution in [3.05, 3.63) is 29.6 Å². The molecule has 0 radical (unpaired) electrons. The Bertz CT molecular complexity index is 442. The second kappa shape index (κ2) is 5.19. The molecule has 19 heavy (non-hydrogen) atoms. The van der Waals surface area contributed by atoms with Crippen molar-refractivity contribution in [1.82, 2.24) is 10.3 Å². The Morgan fingerprint density at radius 3 is 3.26 bits per heavy atom. The summed E-state index contributed by atoms with van der Waals surface area (Å²) in [6.45, 7) is 4.28. The fourth-order valence-corrected chi connectivity index (χ4v) is 3.41. The summed E-state index contributed by atoms with van der Waals surface area (Å²) in [7, 11) is 0. The summed E-state index contributed by atoms with van der Waals surface area (Å²) in [5.41, 5.74) is 1.66. The van der Waals surface area contributed by atoms with Gasteiger partial charge in [0.15, 0.2) is 0 Å². The maximum absolute atomic E-state index is 10.9. The fraction of sp³-hybridized carbons (Fsp3) is 0.667. The van der Waals surface area contributed by atoms with Crippen LogP contribution in [0.15, 0.2) is 18.3 Å². The third-order valence-electron chi connectivity index (χ3n) is 4.37. The first-order valence-electron chi connectivity index (χ1n) is 7.14. The van der Waals surface area contributed by atoms with Gasteiger partial charge in [-0.1, -0.05) is 6.07 Å². The number of rotatable bonds is 3. The zero-order valence-electron chi connectivity index (χ0n) is 11.4. The predicted octanol–water partition coefficient (Wildman–Crippen LogP) is 1.24. The molecule has 0 spiro atoms. The lowest BCUT2D eigenvalue weighted by molar-refractivity contribution is -0.0126.